The topological polar surface area (TPSA) is 113 Å². The molecule has 3 aromatic rings. The highest BCUT2D eigenvalue weighted by Crippen LogP contribution is 2.29. The van der Waals surface area contributed by atoms with Crippen LogP contribution in [-0.2, 0) is 10.0 Å². The van der Waals surface area contributed by atoms with E-state index in [1.807, 2.05) is 13.8 Å². The largest absolute Gasteiger partial charge is 0.491 e. The van der Waals surface area contributed by atoms with E-state index in [4.69, 9.17) is 9.84 Å². The van der Waals surface area contributed by atoms with Gasteiger partial charge in [0.25, 0.3) is 15.9 Å². The van der Waals surface area contributed by atoms with Crippen LogP contribution in [0.1, 0.15) is 33.9 Å². The molecule has 3 rings (SSSR count). The SMILES string of the molecule is CC(C)Oc1ccc(N(C)S(=O)(=O)c2ccsc2C(=O)Nc2cccc(C(=O)O)c2)cc1. The van der Waals surface area contributed by atoms with Gasteiger partial charge in [0.15, 0.2) is 0 Å². The van der Waals surface area contributed by atoms with Crippen LogP contribution in [0.15, 0.2) is 64.9 Å². The number of carbonyl (C=O) groups is 2. The van der Waals surface area contributed by atoms with Crippen molar-refractivity contribution in [2.75, 3.05) is 16.7 Å². The Bertz CT molecular complexity index is 1230. The van der Waals surface area contributed by atoms with Gasteiger partial charge >= 0.3 is 5.97 Å². The maximum Gasteiger partial charge on any atom is 0.335 e. The molecule has 10 heteroatoms. The molecule has 2 aromatic carbocycles. The van der Waals surface area contributed by atoms with Crippen molar-refractivity contribution in [3.63, 3.8) is 0 Å². The number of benzene rings is 2. The highest BCUT2D eigenvalue weighted by molar-refractivity contribution is 7.93. The molecule has 0 saturated carbocycles. The van der Waals surface area contributed by atoms with Crippen LogP contribution in [0.25, 0.3) is 0 Å². The summed E-state index contributed by atoms with van der Waals surface area (Å²) in [5.41, 5.74) is 0.667. The summed E-state index contributed by atoms with van der Waals surface area (Å²) in [7, 11) is -2.62. The lowest BCUT2D eigenvalue weighted by molar-refractivity contribution is 0.0696. The second-order valence-corrected chi connectivity index (χ2v) is 9.94. The number of hydrogen-bond donors (Lipinski definition) is 2. The molecule has 0 aliphatic carbocycles. The van der Waals surface area contributed by atoms with E-state index in [0.29, 0.717) is 11.4 Å². The van der Waals surface area contributed by atoms with E-state index < -0.39 is 21.9 Å². The lowest BCUT2D eigenvalue weighted by Crippen LogP contribution is -2.28. The van der Waals surface area contributed by atoms with E-state index in [9.17, 15) is 18.0 Å². The van der Waals surface area contributed by atoms with Gasteiger partial charge in [-0.05, 0) is 67.8 Å². The molecule has 1 aromatic heterocycles. The molecule has 1 heterocycles. The van der Waals surface area contributed by atoms with Crippen LogP contribution in [0.4, 0.5) is 11.4 Å². The van der Waals surface area contributed by atoms with Crippen molar-refractivity contribution in [1.29, 1.82) is 0 Å². The molecular formula is C22H22N2O6S2. The number of sulfonamides is 1. The normalized spacial score (nSPS) is 11.2. The number of carbonyl (C=O) groups excluding carboxylic acids is 1. The van der Waals surface area contributed by atoms with Gasteiger partial charge in [0.2, 0.25) is 0 Å². The average Bonchev–Trinajstić information content (AvgIpc) is 3.24. The Labute approximate surface area is 190 Å². The number of nitrogens with zero attached hydrogens (tertiary/aromatic N) is 1. The molecule has 0 bridgehead atoms. The fourth-order valence-corrected chi connectivity index (χ4v) is 5.37. The van der Waals surface area contributed by atoms with Gasteiger partial charge in [-0.2, -0.15) is 0 Å². The summed E-state index contributed by atoms with van der Waals surface area (Å²) in [6.45, 7) is 3.79. The first-order valence-corrected chi connectivity index (χ1v) is 11.9. The summed E-state index contributed by atoms with van der Waals surface area (Å²) < 4.78 is 33.1. The maximum absolute atomic E-state index is 13.2. The van der Waals surface area contributed by atoms with Crippen LogP contribution >= 0.6 is 11.3 Å². The minimum absolute atomic E-state index is 0.00246. The Morgan fingerprint density at radius 3 is 2.41 bits per heavy atom. The van der Waals surface area contributed by atoms with Gasteiger partial charge < -0.3 is 15.2 Å². The van der Waals surface area contributed by atoms with Crippen LogP contribution in [0.3, 0.4) is 0 Å². The fourth-order valence-electron chi connectivity index (χ4n) is 2.88. The van der Waals surface area contributed by atoms with E-state index in [1.165, 1.54) is 42.8 Å². The molecule has 0 unspecified atom stereocenters. The van der Waals surface area contributed by atoms with E-state index in [1.54, 1.807) is 24.3 Å². The van der Waals surface area contributed by atoms with Gasteiger partial charge in [-0.1, -0.05) is 6.07 Å². The summed E-state index contributed by atoms with van der Waals surface area (Å²) in [6.07, 6.45) is -0.00891. The molecule has 0 fully saturated rings. The molecule has 2 N–H and O–H groups in total. The minimum atomic E-state index is -4.03. The zero-order valence-corrected chi connectivity index (χ0v) is 19.2. The second kappa shape index (κ2) is 9.41. The summed E-state index contributed by atoms with van der Waals surface area (Å²) in [4.78, 5) is 23.8. The molecule has 32 heavy (non-hydrogen) atoms. The number of carboxylic acid groups (broad SMARTS) is 1. The van der Waals surface area contributed by atoms with Crippen LogP contribution in [0.2, 0.25) is 0 Å². The summed E-state index contributed by atoms with van der Waals surface area (Å²) in [5.74, 6) is -1.16. The number of thiophene rings is 1. The smallest absolute Gasteiger partial charge is 0.335 e. The van der Waals surface area contributed by atoms with Gasteiger partial charge in [0.05, 0.1) is 17.4 Å². The number of rotatable bonds is 8. The first-order chi connectivity index (χ1) is 15.1. The Balaban J connectivity index is 1.84. The monoisotopic (exact) mass is 474 g/mol. The number of hydrogen-bond acceptors (Lipinski definition) is 6. The fraction of sp³-hybridized carbons (Fsp3) is 0.182. The molecule has 1 amide bonds. The molecule has 8 nitrogen and oxygen atoms in total. The molecular weight excluding hydrogens is 452 g/mol. The summed E-state index contributed by atoms with van der Waals surface area (Å²) >= 11 is 0.982. The molecule has 0 saturated heterocycles. The molecule has 168 valence electrons. The number of ether oxygens (including phenoxy) is 1. The van der Waals surface area contributed by atoms with Crippen LogP contribution < -0.4 is 14.4 Å². The highest BCUT2D eigenvalue weighted by Gasteiger charge is 2.28. The first-order valence-electron chi connectivity index (χ1n) is 9.57. The van der Waals surface area contributed by atoms with Crippen molar-refractivity contribution in [3.05, 3.63) is 70.4 Å². The third-order valence-electron chi connectivity index (χ3n) is 4.41. The summed E-state index contributed by atoms with van der Waals surface area (Å²) in [6, 6.07) is 13.7. The van der Waals surface area contributed by atoms with Crippen molar-refractivity contribution < 1.29 is 27.9 Å². The predicted octanol–water partition coefficient (Wildman–Crippen LogP) is 4.31. The van der Waals surface area contributed by atoms with Gasteiger partial charge in [-0.15, -0.1) is 11.3 Å². The van der Waals surface area contributed by atoms with Crippen molar-refractivity contribution >= 4 is 44.6 Å². The Hall–Kier alpha value is -3.37. The van der Waals surface area contributed by atoms with E-state index in [2.05, 4.69) is 5.32 Å². The standard InChI is InChI=1S/C22H22N2O6S2/c1-14(2)30-18-9-7-17(8-10-18)24(3)32(28,29)19-11-12-31-20(19)21(25)23-16-6-4-5-15(13-16)22(26)27/h4-14H,1-3H3,(H,23,25)(H,26,27). The lowest BCUT2D eigenvalue weighted by atomic mass is 10.2. The molecule has 0 spiro atoms. The van der Waals surface area contributed by atoms with Crippen LogP contribution in [-0.4, -0.2) is 38.6 Å². The number of amides is 1. The quantitative estimate of drug-likeness (QED) is 0.503. The van der Waals surface area contributed by atoms with Crippen LogP contribution in [0, 0.1) is 0 Å². The Morgan fingerprint density at radius 1 is 1.09 bits per heavy atom. The van der Waals surface area contributed by atoms with Crippen molar-refractivity contribution in [2.24, 2.45) is 0 Å². The third-order valence-corrected chi connectivity index (χ3v) is 7.28. The molecule has 0 atom stereocenters. The highest BCUT2D eigenvalue weighted by atomic mass is 32.2. The van der Waals surface area contributed by atoms with Crippen molar-refractivity contribution in [2.45, 2.75) is 24.8 Å². The Morgan fingerprint density at radius 2 is 1.78 bits per heavy atom. The number of anilines is 2. The molecule has 0 radical (unpaired) electrons. The van der Waals surface area contributed by atoms with Gasteiger partial charge in [0, 0.05) is 12.7 Å². The number of nitrogens with one attached hydrogen (secondary N) is 1. The predicted molar refractivity (Wildman–Crippen MR) is 123 cm³/mol. The zero-order valence-electron chi connectivity index (χ0n) is 17.6. The number of aromatic carboxylic acids is 1. The second-order valence-electron chi connectivity index (χ2n) is 7.09. The maximum atomic E-state index is 13.2. The van der Waals surface area contributed by atoms with Gasteiger partial charge in [-0.3, -0.25) is 9.10 Å². The minimum Gasteiger partial charge on any atom is -0.491 e. The molecule has 0 aliphatic heterocycles. The van der Waals surface area contributed by atoms with Gasteiger partial charge in [-0.25, -0.2) is 13.2 Å². The van der Waals surface area contributed by atoms with E-state index in [0.717, 1.165) is 15.6 Å². The van der Waals surface area contributed by atoms with E-state index >= 15 is 0 Å². The molecule has 0 aliphatic rings. The van der Waals surface area contributed by atoms with Crippen LogP contribution in [0.5, 0.6) is 5.75 Å². The Kier molecular flexibility index (Phi) is 6.85. The van der Waals surface area contributed by atoms with Crippen molar-refractivity contribution in [3.8, 4) is 5.75 Å². The first kappa shape index (κ1) is 23.3. The average molecular weight is 475 g/mol. The zero-order chi connectivity index (χ0) is 23.5. The lowest BCUT2D eigenvalue weighted by Gasteiger charge is -2.20. The van der Waals surface area contributed by atoms with Gasteiger partial charge in [0.1, 0.15) is 15.5 Å². The van der Waals surface area contributed by atoms with E-state index in [-0.39, 0.29) is 27.1 Å². The number of carboxylic acids is 1. The third kappa shape index (κ3) is 5.09. The van der Waals surface area contributed by atoms with Crippen molar-refractivity contribution in [1.82, 2.24) is 0 Å². The summed E-state index contributed by atoms with van der Waals surface area (Å²) in [5, 5.41) is 13.2.